The molecule has 2 radical (unpaired) electrons. The Morgan fingerprint density at radius 2 is 1.93 bits per heavy atom. The number of aryl methyl sites for hydroxylation is 1. The van der Waals surface area contributed by atoms with Crippen molar-refractivity contribution in [3.8, 4) is 0 Å². The summed E-state index contributed by atoms with van der Waals surface area (Å²) in [5.41, 5.74) is 2.14. The second-order valence-corrected chi connectivity index (χ2v) is 9.22. The largest absolute Gasteiger partial charge is 0.351 e. The molecule has 1 aromatic carbocycles. The molecule has 0 spiro atoms. The van der Waals surface area contributed by atoms with Gasteiger partial charge < -0.3 is 16.0 Å². The molecule has 5 heteroatoms. The van der Waals surface area contributed by atoms with Crippen LogP contribution in [0.2, 0.25) is 5.02 Å². The van der Waals surface area contributed by atoms with Crippen molar-refractivity contribution in [2.45, 2.75) is 57.8 Å². The fourth-order valence-electron chi connectivity index (χ4n) is 5.09. The lowest BCUT2D eigenvalue weighted by molar-refractivity contribution is 0.0682. The number of halogens is 1. The summed E-state index contributed by atoms with van der Waals surface area (Å²) in [7, 11) is 1.96. The first-order chi connectivity index (χ1) is 13.6. The number of hydrogen-bond acceptors (Lipinski definition) is 3. The average molecular weight is 420 g/mol. The van der Waals surface area contributed by atoms with Crippen LogP contribution in [0.5, 0.6) is 0 Å². The Hall–Kier alpha value is -1.10. The number of nitrogens with one attached hydrogen (secondary N) is 3. The highest BCUT2D eigenvalue weighted by Crippen LogP contribution is 2.48. The first-order valence-electron chi connectivity index (χ1n) is 11.0. The van der Waals surface area contributed by atoms with Gasteiger partial charge in [-0.1, -0.05) is 50.8 Å². The third kappa shape index (κ3) is 6.97. The fraction of sp³-hybridized carbons (Fsp3) is 0.667. The summed E-state index contributed by atoms with van der Waals surface area (Å²) in [5, 5.41) is 10.3. The summed E-state index contributed by atoms with van der Waals surface area (Å²) in [6, 6.07) is 5.89. The van der Waals surface area contributed by atoms with Crippen molar-refractivity contribution in [2.75, 3.05) is 33.2 Å². The molecule has 2 aliphatic rings. The summed E-state index contributed by atoms with van der Waals surface area (Å²) in [5.74, 6) is 0.870. The van der Waals surface area contributed by atoms with E-state index in [1.165, 1.54) is 50.5 Å². The van der Waals surface area contributed by atoms with Crippen molar-refractivity contribution >= 4 is 17.5 Å². The Morgan fingerprint density at radius 3 is 2.66 bits per heavy atom. The average Bonchev–Trinajstić information content (AvgIpc) is 2.70. The normalized spacial score (nSPS) is 23.3. The van der Waals surface area contributed by atoms with E-state index in [9.17, 15) is 4.79 Å². The van der Waals surface area contributed by atoms with Gasteiger partial charge >= 0.3 is 0 Å². The van der Waals surface area contributed by atoms with Crippen LogP contribution in [0, 0.1) is 18.8 Å². The summed E-state index contributed by atoms with van der Waals surface area (Å²) < 4.78 is 0. The van der Waals surface area contributed by atoms with E-state index in [2.05, 4.69) is 16.0 Å². The third-order valence-corrected chi connectivity index (χ3v) is 6.96. The van der Waals surface area contributed by atoms with E-state index < -0.39 is 0 Å². The maximum atomic E-state index is 12.9. The second-order valence-electron chi connectivity index (χ2n) is 8.81. The lowest BCUT2D eigenvalue weighted by Gasteiger charge is -2.45. The van der Waals surface area contributed by atoms with Crippen LogP contribution in [0.4, 0.5) is 0 Å². The standard InChI is InChI=1S/C23H36ClN3O.CH2/c1-25-13-14-26-12-4-7-18-8-9-21(24)20(15-18)22(28)27-17-23-10-2-5-19(16-23)6-3-11-23;/h8-9,15,19,25-26H,2-7,10-14,16-17H2,1H3,(H,27,28);1H2. The van der Waals surface area contributed by atoms with Gasteiger partial charge in [-0.25, -0.2) is 0 Å². The molecule has 0 aliphatic heterocycles. The quantitative estimate of drug-likeness (QED) is 0.489. The van der Waals surface area contributed by atoms with Gasteiger partial charge in [-0.3, -0.25) is 4.79 Å². The summed E-state index contributed by atoms with van der Waals surface area (Å²) in [6.45, 7) is 3.74. The zero-order valence-electron chi connectivity index (χ0n) is 18.0. The lowest BCUT2D eigenvalue weighted by atomic mass is 9.62. The zero-order valence-corrected chi connectivity index (χ0v) is 18.8. The number of fused-ring (bicyclic) bond motifs is 2. The second kappa shape index (κ2) is 11.9. The van der Waals surface area contributed by atoms with Crippen LogP contribution in [0.15, 0.2) is 18.2 Å². The molecule has 3 N–H and O–H groups in total. The van der Waals surface area contributed by atoms with Gasteiger partial charge in [-0.2, -0.15) is 0 Å². The van der Waals surface area contributed by atoms with E-state index in [1.807, 2.05) is 25.2 Å². The number of carbonyl (C=O) groups is 1. The topological polar surface area (TPSA) is 53.2 Å². The van der Waals surface area contributed by atoms with Gasteiger partial charge in [0.05, 0.1) is 10.6 Å². The minimum atomic E-state index is -0.0129. The van der Waals surface area contributed by atoms with Gasteiger partial charge in [-0.15, -0.1) is 0 Å². The number of likely N-dealkylation sites (N-methyl/N-ethyl adjacent to an activating group) is 1. The number of rotatable bonds is 10. The molecular weight excluding hydrogens is 382 g/mol. The number of benzene rings is 1. The van der Waals surface area contributed by atoms with Gasteiger partial charge in [0.2, 0.25) is 0 Å². The van der Waals surface area contributed by atoms with E-state index in [1.54, 1.807) is 0 Å². The molecule has 1 aromatic rings. The molecule has 0 saturated heterocycles. The molecule has 0 aromatic heterocycles. The monoisotopic (exact) mass is 419 g/mol. The van der Waals surface area contributed by atoms with Gasteiger partial charge in [0.25, 0.3) is 5.91 Å². The molecule has 2 saturated carbocycles. The van der Waals surface area contributed by atoms with Gasteiger partial charge in [0.1, 0.15) is 0 Å². The van der Waals surface area contributed by atoms with Crippen molar-refractivity contribution in [1.29, 1.82) is 0 Å². The Labute approximate surface area is 182 Å². The highest BCUT2D eigenvalue weighted by Gasteiger charge is 2.39. The molecule has 2 aliphatic carbocycles. The van der Waals surface area contributed by atoms with Crippen LogP contribution in [-0.4, -0.2) is 39.1 Å². The number of carbonyl (C=O) groups excluding carboxylic acids is 1. The molecular formula is C24H38ClN3O. The van der Waals surface area contributed by atoms with Gasteiger partial charge in [-0.05, 0) is 74.7 Å². The smallest absolute Gasteiger partial charge is 0.252 e. The molecule has 0 heterocycles. The van der Waals surface area contributed by atoms with Crippen molar-refractivity contribution in [3.63, 3.8) is 0 Å². The van der Waals surface area contributed by atoms with Crippen LogP contribution in [-0.2, 0) is 6.42 Å². The maximum Gasteiger partial charge on any atom is 0.252 e. The summed E-state index contributed by atoms with van der Waals surface area (Å²) in [4.78, 5) is 12.9. The molecule has 4 nitrogen and oxygen atoms in total. The van der Waals surface area contributed by atoms with Gasteiger partial charge in [0, 0.05) is 19.6 Å². The van der Waals surface area contributed by atoms with E-state index in [4.69, 9.17) is 11.6 Å². The van der Waals surface area contributed by atoms with E-state index in [-0.39, 0.29) is 13.3 Å². The molecule has 0 atom stereocenters. The van der Waals surface area contributed by atoms with E-state index in [0.717, 1.165) is 44.9 Å². The minimum Gasteiger partial charge on any atom is -0.351 e. The zero-order chi connectivity index (χ0) is 19.8. The first-order valence-corrected chi connectivity index (χ1v) is 11.4. The van der Waals surface area contributed by atoms with Crippen molar-refractivity contribution in [2.24, 2.45) is 11.3 Å². The Morgan fingerprint density at radius 1 is 1.17 bits per heavy atom. The van der Waals surface area contributed by atoms with Crippen LogP contribution in [0.1, 0.15) is 67.3 Å². The lowest BCUT2D eigenvalue weighted by Crippen LogP contribution is -2.43. The Balaban J connectivity index is 0.00000300. The molecule has 2 fully saturated rings. The maximum absolute atomic E-state index is 12.9. The number of amides is 1. The molecule has 162 valence electrons. The van der Waals surface area contributed by atoms with Crippen LogP contribution in [0.3, 0.4) is 0 Å². The van der Waals surface area contributed by atoms with Crippen molar-refractivity contribution in [3.05, 3.63) is 41.8 Å². The van der Waals surface area contributed by atoms with E-state index in [0.29, 0.717) is 16.0 Å². The van der Waals surface area contributed by atoms with Crippen LogP contribution >= 0.6 is 11.6 Å². The minimum absolute atomic E-state index is 0. The number of hydrogen-bond donors (Lipinski definition) is 3. The van der Waals surface area contributed by atoms with Crippen LogP contribution < -0.4 is 16.0 Å². The molecule has 2 bridgehead atoms. The van der Waals surface area contributed by atoms with E-state index >= 15 is 0 Å². The highest BCUT2D eigenvalue weighted by molar-refractivity contribution is 6.33. The predicted molar refractivity (Wildman–Crippen MR) is 123 cm³/mol. The summed E-state index contributed by atoms with van der Waals surface area (Å²) >= 11 is 6.35. The Kier molecular flexibility index (Phi) is 9.94. The summed E-state index contributed by atoms with van der Waals surface area (Å²) in [6.07, 6.45) is 11.2. The van der Waals surface area contributed by atoms with Crippen molar-refractivity contribution < 1.29 is 4.79 Å². The Bertz CT molecular complexity index is 639. The van der Waals surface area contributed by atoms with Crippen LogP contribution in [0.25, 0.3) is 0 Å². The van der Waals surface area contributed by atoms with Gasteiger partial charge in [0.15, 0.2) is 0 Å². The first kappa shape index (κ1) is 24.2. The highest BCUT2D eigenvalue weighted by atomic mass is 35.5. The molecule has 29 heavy (non-hydrogen) atoms. The third-order valence-electron chi connectivity index (χ3n) is 6.63. The molecule has 3 rings (SSSR count). The predicted octanol–water partition coefficient (Wildman–Crippen LogP) is 4.50. The van der Waals surface area contributed by atoms with Crippen molar-refractivity contribution in [1.82, 2.24) is 16.0 Å². The molecule has 0 unspecified atom stereocenters. The molecule has 1 amide bonds. The SMILES string of the molecule is CNCCNCCCc1ccc(Cl)c(C(=O)NCC23CCCC(CCC2)C3)c1.[CH2]. The fourth-order valence-corrected chi connectivity index (χ4v) is 5.29.